The quantitative estimate of drug-likeness (QED) is 0.0946. The lowest BCUT2D eigenvalue weighted by Crippen LogP contribution is -2.21. The molecule has 0 spiro atoms. The van der Waals surface area contributed by atoms with E-state index in [1.165, 1.54) is 16.3 Å². The van der Waals surface area contributed by atoms with E-state index in [1.54, 1.807) is 13.8 Å². The van der Waals surface area contributed by atoms with Crippen LogP contribution in [-0.2, 0) is 20.6 Å². The third-order valence-corrected chi connectivity index (χ3v) is 7.84. The van der Waals surface area contributed by atoms with Crippen LogP contribution in [0, 0.1) is 0 Å². The second-order valence-corrected chi connectivity index (χ2v) is 10.9. The molecule has 0 aliphatic heterocycles. The Kier molecular flexibility index (Phi) is 11.5. The smallest absolute Gasteiger partial charge is 0.255 e. The van der Waals surface area contributed by atoms with E-state index in [-0.39, 0.29) is 6.16 Å². The molecule has 2 N–H and O–H groups in total. The van der Waals surface area contributed by atoms with Gasteiger partial charge in [-0.15, -0.1) is 0 Å². The monoisotopic (exact) mass is 521 g/mol. The van der Waals surface area contributed by atoms with Crippen LogP contribution in [0.5, 0.6) is 0 Å². The molecule has 1 atom stereocenters. The Labute approximate surface area is 219 Å². The van der Waals surface area contributed by atoms with Crippen molar-refractivity contribution in [1.82, 2.24) is 5.32 Å². The zero-order valence-electron chi connectivity index (χ0n) is 21.5. The van der Waals surface area contributed by atoms with Gasteiger partial charge in [-0.3, -0.25) is 9.36 Å². The van der Waals surface area contributed by atoms with Crippen molar-refractivity contribution in [3.05, 3.63) is 96.1 Å². The Bertz CT molecular complexity index is 1310. The first-order valence-electron chi connectivity index (χ1n) is 12.6. The molecule has 0 fully saturated rings. The number of carbonyl (C=O) groups is 1. The van der Waals surface area contributed by atoms with Gasteiger partial charge in [0.05, 0.1) is 0 Å². The third kappa shape index (κ3) is 8.32. The number of rotatable bonds is 12. The van der Waals surface area contributed by atoms with E-state index < -0.39 is 13.4 Å². The number of nitrogens with one attached hydrogen (secondary N) is 1. The van der Waals surface area contributed by atoms with E-state index in [0.717, 1.165) is 29.2 Å². The molecule has 1 unspecified atom stereocenters. The van der Waals surface area contributed by atoms with Crippen molar-refractivity contribution in [2.24, 2.45) is 0 Å². The lowest BCUT2D eigenvalue weighted by atomic mass is 10.0. The fourth-order valence-electron chi connectivity index (χ4n) is 4.13. The van der Waals surface area contributed by atoms with E-state index in [0.29, 0.717) is 26.2 Å². The highest BCUT2D eigenvalue weighted by molar-refractivity contribution is 7.58. The molecule has 6 nitrogen and oxygen atoms in total. The molecule has 196 valence electrons. The lowest BCUT2D eigenvalue weighted by molar-refractivity contribution is -0.0871. The van der Waals surface area contributed by atoms with Crippen molar-refractivity contribution in [3.8, 4) is 0 Å². The second kappa shape index (κ2) is 14.8. The molecule has 0 aliphatic carbocycles. The van der Waals surface area contributed by atoms with Crippen LogP contribution in [0.1, 0.15) is 36.2 Å². The standard InChI is InChI=1S/C19H28NO4P.C11H8O/c1-3-23-19(24-4-2)25(21,22)14-8-13-20-15-17-11-7-10-16-9-5-6-12-18(16)17;12-8-10-6-3-5-9-4-1-2-7-11(9)10/h5-7,9-12,19-20H,3-4,8,13-15H2,1-2H3,(H,21,22);1-8H. The van der Waals surface area contributed by atoms with Gasteiger partial charge in [-0.05, 0) is 53.9 Å². The van der Waals surface area contributed by atoms with Gasteiger partial charge in [0.1, 0.15) is 0 Å². The van der Waals surface area contributed by atoms with E-state index in [4.69, 9.17) is 9.47 Å². The molecule has 0 saturated heterocycles. The highest BCUT2D eigenvalue weighted by Gasteiger charge is 2.31. The minimum atomic E-state index is -3.47. The first kappa shape index (κ1) is 28.7. The van der Waals surface area contributed by atoms with Crippen molar-refractivity contribution < 1.29 is 23.7 Å². The molecule has 37 heavy (non-hydrogen) atoms. The normalized spacial score (nSPS) is 12.8. The summed E-state index contributed by atoms with van der Waals surface area (Å²) >= 11 is 0. The van der Waals surface area contributed by atoms with Crippen molar-refractivity contribution in [3.63, 3.8) is 0 Å². The van der Waals surface area contributed by atoms with Crippen molar-refractivity contribution in [1.29, 1.82) is 0 Å². The highest BCUT2D eigenvalue weighted by Crippen LogP contribution is 2.47. The summed E-state index contributed by atoms with van der Waals surface area (Å²) in [5.74, 6) is 0. The summed E-state index contributed by atoms with van der Waals surface area (Å²) in [5, 5.41) is 7.95. The van der Waals surface area contributed by atoms with E-state index in [9.17, 15) is 14.3 Å². The fourth-order valence-corrected chi connectivity index (χ4v) is 5.71. The van der Waals surface area contributed by atoms with Crippen molar-refractivity contribution in [2.75, 3.05) is 25.9 Å². The SMILES string of the molecule is CCOC(OCC)P(=O)(O)CCCNCc1cccc2ccccc12.O=Cc1cccc2ccccc12. The van der Waals surface area contributed by atoms with Gasteiger partial charge in [-0.25, -0.2) is 0 Å². The molecule has 0 radical (unpaired) electrons. The van der Waals surface area contributed by atoms with Crippen LogP contribution in [0.25, 0.3) is 21.5 Å². The average molecular weight is 522 g/mol. The lowest BCUT2D eigenvalue weighted by Gasteiger charge is -2.22. The maximum absolute atomic E-state index is 12.4. The van der Waals surface area contributed by atoms with Crippen LogP contribution in [0.4, 0.5) is 0 Å². The van der Waals surface area contributed by atoms with Gasteiger partial charge in [0.2, 0.25) is 6.03 Å². The molecule has 0 aliphatic rings. The Morgan fingerprint density at radius 1 is 0.838 bits per heavy atom. The maximum atomic E-state index is 12.4. The van der Waals surface area contributed by atoms with Gasteiger partial charge in [0, 0.05) is 31.5 Å². The first-order valence-corrected chi connectivity index (χ1v) is 14.6. The Hall–Kier alpha value is -2.86. The summed E-state index contributed by atoms with van der Waals surface area (Å²) in [6, 6.07) is 27.1. The third-order valence-electron chi connectivity index (χ3n) is 5.93. The minimum absolute atomic E-state index is 0.181. The number of fused-ring (bicyclic) bond motifs is 2. The van der Waals surface area contributed by atoms with Crippen molar-refractivity contribution in [2.45, 2.75) is 32.8 Å². The predicted octanol–water partition coefficient (Wildman–Crippen LogP) is 6.60. The van der Waals surface area contributed by atoms with E-state index in [1.807, 2.05) is 54.6 Å². The highest BCUT2D eigenvalue weighted by atomic mass is 31.2. The average Bonchev–Trinajstić information content (AvgIpc) is 2.93. The molecule has 7 heteroatoms. The molecule has 0 saturated carbocycles. The molecule has 0 aromatic heterocycles. The van der Waals surface area contributed by atoms with Crippen LogP contribution in [0.3, 0.4) is 0 Å². The van der Waals surface area contributed by atoms with Crippen LogP contribution in [0.15, 0.2) is 84.9 Å². The number of hydrogen-bond acceptors (Lipinski definition) is 5. The predicted molar refractivity (Wildman–Crippen MR) is 151 cm³/mol. The Morgan fingerprint density at radius 3 is 2.05 bits per heavy atom. The van der Waals surface area contributed by atoms with Gasteiger partial charge >= 0.3 is 0 Å². The van der Waals surface area contributed by atoms with Gasteiger partial charge < -0.3 is 19.7 Å². The largest absolute Gasteiger partial charge is 0.345 e. The number of carbonyl (C=O) groups excluding carboxylic acids is 1. The van der Waals surface area contributed by atoms with Crippen LogP contribution >= 0.6 is 7.37 Å². The Balaban J connectivity index is 0.000000262. The van der Waals surface area contributed by atoms with Gasteiger partial charge in [-0.1, -0.05) is 84.9 Å². The van der Waals surface area contributed by atoms with Gasteiger partial charge in [0.15, 0.2) is 6.29 Å². The minimum Gasteiger partial charge on any atom is -0.345 e. The van der Waals surface area contributed by atoms with Gasteiger partial charge in [-0.2, -0.15) is 0 Å². The van der Waals surface area contributed by atoms with E-state index >= 15 is 0 Å². The summed E-state index contributed by atoms with van der Waals surface area (Å²) in [4.78, 5) is 20.8. The first-order chi connectivity index (χ1) is 18.0. The molecule has 0 amide bonds. The summed E-state index contributed by atoms with van der Waals surface area (Å²) in [6.07, 6.45) is 1.66. The molecular weight excluding hydrogens is 485 g/mol. The fraction of sp³-hybridized carbons (Fsp3) is 0.300. The summed E-state index contributed by atoms with van der Waals surface area (Å²) in [6.45, 7) is 5.69. The Morgan fingerprint density at radius 2 is 1.41 bits per heavy atom. The van der Waals surface area contributed by atoms with Crippen LogP contribution < -0.4 is 5.32 Å². The molecule has 4 aromatic rings. The number of aldehydes is 1. The topological polar surface area (TPSA) is 84.9 Å². The van der Waals surface area contributed by atoms with E-state index in [2.05, 4.69) is 35.6 Å². The maximum Gasteiger partial charge on any atom is 0.255 e. The zero-order valence-corrected chi connectivity index (χ0v) is 22.4. The number of hydrogen-bond donors (Lipinski definition) is 2. The van der Waals surface area contributed by atoms with Crippen LogP contribution in [-0.4, -0.2) is 43.1 Å². The number of benzene rings is 4. The zero-order chi connectivity index (χ0) is 26.5. The van der Waals surface area contributed by atoms with Gasteiger partial charge in [0.25, 0.3) is 7.37 Å². The molecule has 4 aromatic carbocycles. The number of ether oxygens (including phenoxy) is 2. The molecular formula is C30H36NO5P. The second-order valence-electron chi connectivity index (χ2n) is 8.55. The molecule has 0 heterocycles. The van der Waals surface area contributed by atoms with Crippen molar-refractivity contribution >= 4 is 35.2 Å². The van der Waals surface area contributed by atoms with Crippen LogP contribution in [0.2, 0.25) is 0 Å². The summed E-state index contributed by atoms with van der Waals surface area (Å²) < 4.78 is 22.9. The molecule has 4 rings (SSSR count). The molecule has 0 bridgehead atoms. The summed E-state index contributed by atoms with van der Waals surface area (Å²) in [7, 11) is -3.47. The summed E-state index contributed by atoms with van der Waals surface area (Å²) in [5.41, 5.74) is 1.99.